The molecule has 0 fully saturated rings. The smallest absolute Gasteiger partial charge is 0.241 e. The molecular formula is C22H18FN3OS. The van der Waals surface area contributed by atoms with Crippen LogP contribution in [-0.2, 0) is 17.9 Å². The summed E-state index contributed by atoms with van der Waals surface area (Å²) in [6.07, 6.45) is 3.46. The van der Waals surface area contributed by atoms with Crippen LogP contribution in [0.15, 0.2) is 77.8 Å². The van der Waals surface area contributed by atoms with Crippen LogP contribution in [0.25, 0.3) is 22.3 Å². The molecule has 0 bridgehead atoms. The van der Waals surface area contributed by atoms with E-state index in [2.05, 4.69) is 27.9 Å². The first-order valence-electron chi connectivity index (χ1n) is 8.84. The van der Waals surface area contributed by atoms with Crippen LogP contribution in [0.4, 0.5) is 4.39 Å². The number of hydrogen-bond acceptors (Lipinski definition) is 3. The van der Waals surface area contributed by atoms with E-state index in [9.17, 15) is 9.18 Å². The highest BCUT2D eigenvalue weighted by Gasteiger charge is 2.09. The average Bonchev–Trinajstić information content (AvgIpc) is 3.39. The maximum atomic E-state index is 13.0. The molecule has 0 aliphatic rings. The van der Waals surface area contributed by atoms with Gasteiger partial charge < -0.3 is 5.32 Å². The van der Waals surface area contributed by atoms with Gasteiger partial charge in [-0.25, -0.2) is 4.39 Å². The molecule has 0 saturated heterocycles. The molecule has 0 unspecified atom stereocenters. The standard InChI is InChI=1S/C22H18FN3OS/c23-20-7-5-16(6-8-20)19-12-25-26(13-19)14-22(27)24-11-17-3-1-2-4-21(17)18-9-10-28-15-18/h1-10,12-13,15H,11,14H2,(H,24,27). The number of amides is 1. The molecule has 140 valence electrons. The first-order chi connectivity index (χ1) is 13.7. The van der Waals surface area contributed by atoms with E-state index in [1.165, 1.54) is 12.1 Å². The molecule has 0 aliphatic carbocycles. The van der Waals surface area contributed by atoms with Crippen molar-refractivity contribution >= 4 is 17.2 Å². The van der Waals surface area contributed by atoms with Crippen LogP contribution in [0.2, 0.25) is 0 Å². The van der Waals surface area contributed by atoms with Gasteiger partial charge in [0.2, 0.25) is 5.91 Å². The van der Waals surface area contributed by atoms with E-state index >= 15 is 0 Å². The van der Waals surface area contributed by atoms with E-state index < -0.39 is 0 Å². The molecular weight excluding hydrogens is 373 g/mol. The van der Waals surface area contributed by atoms with Gasteiger partial charge >= 0.3 is 0 Å². The van der Waals surface area contributed by atoms with E-state index in [1.807, 2.05) is 23.6 Å². The molecule has 2 heterocycles. The lowest BCUT2D eigenvalue weighted by molar-refractivity contribution is -0.122. The number of carbonyl (C=O) groups excluding carboxylic acids is 1. The van der Waals surface area contributed by atoms with Crippen LogP contribution in [0.5, 0.6) is 0 Å². The van der Waals surface area contributed by atoms with E-state index in [1.54, 1.807) is 40.5 Å². The molecule has 4 rings (SSSR count). The number of nitrogens with one attached hydrogen (secondary N) is 1. The molecule has 4 nitrogen and oxygen atoms in total. The Hall–Kier alpha value is -3.25. The number of carbonyl (C=O) groups is 1. The van der Waals surface area contributed by atoms with Gasteiger partial charge in [0, 0.05) is 18.3 Å². The molecule has 0 aliphatic heterocycles. The molecule has 6 heteroatoms. The van der Waals surface area contributed by atoms with Crippen molar-refractivity contribution in [2.75, 3.05) is 0 Å². The summed E-state index contributed by atoms with van der Waals surface area (Å²) >= 11 is 1.65. The largest absolute Gasteiger partial charge is 0.350 e. The summed E-state index contributed by atoms with van der Waals surface area (Å²) in [6, 6.07) is 16.3. The van der Waals surface area contributed by atoms with Gasteiger partial charge in [-0.2, -0.15) is 16.4 Å². The van der Waals surface area contributed by atoms with Crippen LogP contribution < -0.4 is 5.32 Å². The molecule has 1 amide bonds. The van der Waals surface area contributed by atoms with Crippen molar-refractivity contribution in [3.8, 4) is 22.3 Å². The quantitative estimate of drug-likeness (QED) is 0.516. The fraction of sp³-hybridized carbons (Fsp3) is 0.0909. The van der Waals surface area contributed by atoms with Gasteiger partial charge in [-0.05, 0) is 51.2 Å². The molecule has 4 aromatic rings. The Kier molecular flexibility index (Phi) is 5.30. The molecule has 0 saturated carbocycles. The monoisotopic (exact) mass is 391 g/mol. The number of benzene rings is 2. The van der Waals surface area contributed by atoms with Crippen molar-refractivity contribution < 1.29 is 9.18 Å². The fourth-order valence-electron chi connectivity index (χ4n) is 3.01. The summed E-state index contributed by atoms with van der Waals surface area (Å²) in [5.74, 6) is -0.396. The summed E-state index contributed by atoms with van der Waals surface area (Å²) in [7, 11) is 0. The number of nitrogens with zero attached hydrogens (tertiary/aromatic N) is 2. The summed E-state index contributed by atoms with van der Waals surface area (Å²) in [5.41, 5.74) is 5.06. The van der Waals surface area contributed by atoms with Gasteiger partial charge in [-0.15, -0.1) is 0 Å². The van der Waals surface area contributed by atoms with Crippen LogP contribution in [0.3, 0.4) is 0 Å². The molecule has 1 N–H and O–H groups in total. The van der Waals surface area contributed by atoms with E-state index in [0.717, 1.165) is 27.8 Å². The van der Waals surface area contributed by atoms with Gasteiger partial charge in [0.15, 0.2) is 0 Å². The average molecular weight is 391 g/mol. The van der Waals surface area contributed by atoms with Crippen LogP contribution >= 0.6 is 11.3 Å². The third-order valence-corrected chi connectivity index (χ3v) is 5.13. The summed E-state index contributed by atoms with van der Waals surface area (Å²) < 4.78 is 14.6. The van der Waals surface area contributed by atoms with Crippen molar-refractivity contribution in [2.45, 2.75) is 13.1 Å². The van der Waals surface area contributed by atoms with Crippen molar-refractivity contribution in [3.63, 3.8) is 0 Å². The van der Waals surface area contributed by atoms with Gasteiger partial charge in [-0.1, -0.05) is 36.4 Å². The third kappa shape index (κ3) is 4.18. The van der Waals surface area contributed by atoms with Crippen molar-refractivity contribution in [1.29, 1.82) is 0 Å². The maximum Gasteiger partial charge on any atom is 0.241 e. The Balaban J connectivity index is 1.39. The Morgan fingerprint density at radius 1 is 1.04 bits per heavy atom. The molecule has 2 aromatic heterocycles. The minimum atomic E-state index is -0.279. The predicted molar refractivity (Wildman–Crippen MR) is 109 cm³/mol. The van der Waals surface area contributed by atoms with Gasteiger partial charge in [-0.3, -0.25) is 9.48 Å². The highest BCUT2D eigenvalue weighted by Crippen LogP contribution is 2.25. The molecule has 0 atom stereocenters. The van der Waals surface area contributed by atoms with Gasteiger partial charge in [0.05, 0.1) is 6.20 Å². The molecule has 0 spiro atoms. The Bertz CT molecular complexity index is 1070. The van der Waals surface area contributed by atoms with Crippen molar-refractivity contribution in [2.24, 2.45) is 0 Å². The minimum Gasteiger partial charge on any atom is -0.350 e. The first-order valence-corrected chi connectivity index (χ1v) is 9.79. The van der Waals surface area contributed by atoms with Gasteiger partial charge in [0.1, 0.15) is 12.4 Å². The second-order valence-electron chi connectivity index (χ2n) is 6.38. The van der Waals surface area contributed by atoms with Crippen LogP contribution in [0, 0.1) is 5.82 Å². The lowest BCUT2D eigenvalue weighted by Crippen LogP contribution is -2.27. The summed E-state index contributed by atoms with van der Waals surface area (Å²) in [4.78, 5) is 12.4. The first kappa shape index (κ1) is 18.1. The number of thiophene rings is 1. The second-order valence-corrected chi connectivity index (χ2v) is 7.16. The van der Waals surface area contributed by atoms with Crippen LogP contribution in [0.1, 0.15) is 5.56 Å². The fourth-order valence-corrected chi connectivity index (χ4v) is 3.67. The number of halogens is 1. The topological polar surface area (TPSA) is 46.9 Å². The third-order valence-electron chi connectivity index (χ3n) is 4.44. The molecule has 0 radical (unpaired) electrons. The van der Waals surface area contributed by atoms with Crippen LogP contribution in [-0.4, -0.2) is 15.7 Å². The number of hydrogen-bond donors (Lipinski definition) is 1. The van der Waals surface area contributed by atoms with Crippen molar-refractivity contribution in [3.05, 3.63) is 89.1 Å². The Morgan fingerprint density at radius 3 is 2.64 bits per heavy atom. The van der Waals surface area contributed by atoms with Gasteiger partial charge in [0.25, 0.3) is 0 Å². The Labute approximate surface area is 166 Å². The zero-order valence-corrected chi connectivity index (χ0v) is 15.8. The van der Waals surface area contributed by atoms with E-state index in [4.69, 9.17) is 0 Å². The van der Waals surface area contributed by atoms with E-state index in [0.29, 0.717) is 6.54 Å². The SMILES string of the molecule is O=C(Cn1cc(-c2ccc(F)cc2)cn1)NCc1ccccc1-c1ccsc1. The highest BCUT2D eigenvalue weighted by atomic mass is 32.1. The number of rotatable bonds is 6. The van der Waals surface area contributed by atoms with Crippen molar-refractivity contribution in [1.82, 2.24) is 15.1 Å². The molecule has 2 aromatic carbocycles. The zero-order chi connectivity index (χ0) is 19.3. The lowest BCUT2D eigenvalue weighted by Gasteiger charge is -2.10. The summed E-state index contributed by atoms with van der Waals surface area (Å²) in [5, 5.41) is 11.3. The summed E-state index contributed by atoms with van der Waals surface area (Å²) in [6.45, 7) is 0.582. The maximum absolute atomic E-state index is 13.0. The predicted octanol–water partition coefficient (Wildman–Crippen LogP) is 4.73. The normalized spacial score (nSPS) is 10.8. The zero-order valence-electron chi connectivity index (χ0n) is 15.0. The lowest BCUT2D eigenvalue weighted by atomic mass is 10.0. The van der Waals surface area contributed by atoms with E-state index in [-0.39, 0.29) is 18.3 Å². The number of aromatic nitrogens is 2. The Morgan fingerprint density at radius 2 is 1.86 bits per heavy atom. The molecule has 28 heavy (non-hydrogen) atoms. The highest BCUT2D eigenvalue weighted by molar-refractivity contribution is 7.08. The second kappa shape index (κ2) is 8.19. The minimum absolute atomic E-state index is 0.117.